The van der Waals surface area contributed by atoms with Crippen LogP contribution in [0.2, 0.25) is 0 Å². The molecular formula is C14H18O6. The molecule has 0 fully saturated rings. The zero-order chi connectivity index (χ0) is 15.3. The zero-order valence-corrected chi connectivity index (χ0v) is 11.4. The van der Waals surface area contributed by atoms with Crippen molar-refractivity contribution in [3.05, 3.63) is 34.9 Å². The second-order valence-corrected chi connectivity index (χ2v) is 4.42. The van der Waals surface area contributed by atoms with Crippen molar-refractivity contribution in [3.63, 3.8) is 0 Å². The van der Waals surface area contributed by atoms with Gasteiger partial charge in [-0.1, -0.05) is 17.7 Å². The molecular weight excluding hydrogens is 264 g/mol. The van der Waals surface area contributed by atoms with Gasteiger partial charge < -0.3 is 20.1 Å². The fraction of sp³-hybridized carbons (Fsp3) is 0.429. The number of ether oxygens (including phenoxy) is 1. The first-order valence-electron chi connectivity index (χ1n) is 6.22. The molecule has 1 aromatic rings. The molecule has 1 rings (SSSR count). The minimum Gasteiger partial charge on any atom is -0.478 e. The molecule has 6 nitrogen and oxygen atoms in total. The molecule has 0 aromatic heterocycles. The maximum Gasteiger partial charge on any atom is 0.336 e. The van der Waals surface area contributed by atoms with Crippen molar-refractivity contribution in [2.24, 2.45) is 0 Å². The number of esters is 1. The lowest BCUT2D eigenvalue weighted by Gasteiger charge is -2.19. The first-order chi connectivity index (χ1) is 9.36. The Hall–Kier alpha value is -1.92. The monoisotopic (exact) mass is 282 g/mol. The third-order valence-corrected chi connectivity index (χ3v) is 2.80. The highest BCUT2D eigenvalue weighted by Gasteiger charge is 2.26. The molecule has 0 saturated heterocycles. The molecule has 3 N–H and O–H groups in total. The molecule has 110 valence electrons. The molecule has 1 aromatic carbocycles. The number of carboxylic acid groups (broad SMARTS) is 1. The number of aromatic carboxylic acids is 1. The summed E-state index contributed by atoms with van der Waals surface area (Å²) in [4.78, 5) is 22.4. The van der Waals surface area contributed by atoms with Gasteiger partial charge in [-0.2, -0.15) is 0 Å². The Morgan fingerprint density at radius 2 is 1.95 bits per heavy atom. The van der Waals surface area contributed by atoms with Gasteiger partial charge in [0.25, 0.3) is 0 Å². The summed E-state index contributed by atoms with van der Waals surface area (Å²) in [5, 5.41) is 28.9. The first-order valence-corrected chi connectivity index (χ1v) is 6.22. The van der Waals surface area contributed by atoms with Crippen LogP contribution in [0.3, 0.4) is 0 Å². The lowest BCUT2D eigenvalue weighted by molar-refractivity contribution is -0.147. The number of carboxylic acids is 1. The number of hydrogen-bond donors (Lipinski definition) is 3. The van der Waals surface area contributed by atoms with E-state index < -0.39 is 30.6 Å². The molecule has 0 bridgehead atoms. The Morgan fingerprint density at radius 3 is 2.50 bits per heavy atom. The molecule has 0 spiro atoms. The summed E-state index contributed by atoms with van der Waals surface area (Å²) in [7, 11) is 0. The van der Waals surface area contributed by atoms with Crippen molar-refractivity contribution in [2.75, 3.05) is 6.61 Å². The highest BCUT2D eigenvalue weighted by Crippen LogP contribution is 2.24. The van der Waals surface area contributed by atoms with Crippen LogP contribution in [-0.4, -0.2) is 40.0 Å². The Bertz CT molecular complexity index is 496. The van der Waals surface area contributed by atoms with E-state index in [1.165, 1.54) is 12.1 Å². The Balaban J connectivity index is 2.95. The predicted molar refractivity (Wildman–Crippen MR) is 70.4 cm³/mol. The van der Waals surface area contributed by atoms with Crippen molar-refractivity contribution in [3.8, 4) is 0 Å². The van der Waals surface area contributed by atoms with E-state index in [1.54, 1.807) is 19.9 Å². The highest BCUT2D eigenvalue weighted by molar-refractivity contribution is 5.89. The number of carbonyl (C=O) groups is 2. The molecule has 2 atom stereocenters. The van der Waals surface area contributed by atoms with Gasteiger partial charge in [-0.05, 0) is 25.5 Å². The maximum atomic E-state index is 11.3. The van der Waals surface area contributed by atoms with Crippen molar-refractivity contribution in [2.45, 2.75) is 32.5 Å². The van der Waals surface area contributed by atoms with E-state index in [2.05, 4.69) is 4.74 Å². The van der Waals surface area contributed by atoms with Crippen LogP contribution in [0, 0.1) is 6.92 Å². The van der Waals surface area contributed by atoms with Crippen LogP contribution in [0.25, 0.3) is 0 Å². The fourth-order valence-electron chi connectivity index (χ4n) is 1.83. The second kappa shape index (κ2) is 7.02. The molecule has 0 aliphatic rings. The average Bonchev–Trinajstić information content (AvgIpc) is 2.37. The van der Waals surface area contributed by atoms with E-state index in [0.29, 0.717) is 0 Å². The molecule has 0 aliphatic heterocycles. The minimum absolute atomic E-state index is 0.0781. The molecule has 2 unspecified atom stereocenters. The van der Waals surface area contributed by atoms with Crippen molar-refractivity contribution in [1.29, 1.82) is 0 Å². The average molecular weight is 282 g/mol. The number of carbonyl (C=O) groups excluding carboxylic acids is 1. The summed E-state index contributed by atoms with van der Waals surface area (Å²) in [6.07, 6.45) is -3.29. The van der Waals surface area contributed by atoms with E-state index in [4.69, 9.17) is 5.11 Å². The van der Waals surface area contributed by atoms with Gasteiger partial charge in [0.1, 0.15) is 6.10 Å². The predicted octanol–water partition coefficient (Wildman–Crippen LogP) is 1.04. The molecule has 0 heterocycles. The topological polar surface area (TPSA) is 104 Å². The quantitative estimate of drug-likeness (QED) is 0.673. The number of rotatable bonds is 6. The van der Waals surface area contributed by atoms with E-state index in [1.807, 2.05) is 0 Å². The maximum absolute atomic E-state index is 11.3. The number of aliphatic hydroxyl groups excluding tert-OH is 2. The summed E-state index contributed by atoms with van der Waals surface area (Å²) >= 11 is 0. The number of aryl methyl sites for hydroxylation is 1. The summed E-state index contributed by atoms with van der Waals surface area (Å²) in [6, 6.07) is 4.42. The molecule has 0 radical (unpaired) electrons. The van der Waals surface area contributed by atoms with Crippen molar-refractivity contribution in [1.82, 2.24) is 0 Å². The molecule has 0 aliphatic carbocycles. The summed E-state index contributed by atoms with van der Waals surface area (Å²) in [5.41, 5.74) is 0.715. The van der Waals surface area contributed by atoms with Crippen molar-refractivity contribution < 1.29 is 29.6 Å². The fourth-order valence-corrected chi connectivity index (χ4v) is 1.83. The first kappa shape index (κ1) is 16.1. The van der Waals surface area contributed by atoms with Crippen molar-refractivity contribution >= 4 is 11.9 Å². The van der Waals surface area contributed by atoms with Crippen LogP contribution >= 0.6 is 0 Å². The van der Waals surface area contributed by atoms with Crippen LogP contribution in [0.1, 0.15) is 40.9 Å². The van der Waals surface area contributed by atoms with Gasteiger partial charge in [0.15, 0.2) is 0 Å². The van der Waals surface area contributed by atoms with E-state index in [9.17, 15) is 19.8 Å². The van der Waals surface area contributed by atoms with Crippen LogP contribution in [0.15, 0.2) is 18.2 Å². The SMILES string of the molecule is CCOC(=O)CC(O)C(O)c1cc(C)ccc1C(=O)O. The molecule has 0 saturated carbocycles. The largest absolute Gasteiger partial charge is 0.478 e. The Morgan fingerprint density at radius 1 is 1.30 bits per heavy atom. The smallest absolute Gasteiger partial charge is 0.336 e. The second-order valence-electron chi connectivity index (χ2n) is 4.42. The number of benzene rings is 1. The lowest BCUT2D eigenvalue weighted by Crippen LogP contribution is -2.24. The summed E-state index contributed by atoms with van der Waals surface area (Å²) < 4.78 is 4.67. The van der Waals surface area contributed by atoms with E-state index in [0.717, 1.165) is 5.56 Å². The van der Waals surface area contributed by atoms with Gasteiger partial charge in [-0.15, -0.1) is 0 Å². The third kappa shape index (κ3) is 4.04. The standard InChI is InChI=1S/C14H18O6/c1-3-20-12(16)7-11(15)13(17)10-6-8(2)4-5-9(10)14(18)19/h4-6,11,13,15,17H,3,7H2,1-2H3,(H,18,19). The lowest BCUT2D eigenvalue weighted by atomic mass is 9.95. The van der Waals surface area contributed by atoms with Gasteiger partial charge in [0, 0.05) is 0 Å². The third-order valence-electron chi connectivity index (χ3n) is 2.80. The van der Waals surface area contributed by atoms with E-state index in [-0.39, 0.29) is 17.7 Å². The van der Waals surface area contributed by atoms with Gasteiger partial charge in [-0.3, -0.25) is 4.79 Å². The van der Waals surface area contributed by atoms with Crippen LogP contribution in [0.5, 0.6) is 0 Å². The van der Waals surface area contributed by atoms with Gasteiger partial charge in [0.2, 0.25) is 0 Å². The molecule has 20 heavy (non-hydrogen) atoms. The summed E-state index contributed by atoms with van der Waals surface area (Å²) in [6.45, 7) is 3.54. The van der Waals surface area contributed by atoms with Gasteiger partial charge in [-0.25, -0.2) is 4.79 Å². The Labute approximate surface area is 116 Å². The number of hydrogen-bond acceptors (Lipinski definition) is 5. The molecule has 6 heteroatoms. The van der Waals surface area contributed by atoms with Crippen LogP contribution in [-0.2, 0) is 9.53 Å². The molecule has 0 amide bonds. The van der Waals surface area contributed by atoms with E-state index >= 15 is 0 Å². The van der Waals surface area contributed by atoms with Crippen LogP contribution < -0.4 is 0 Å². The highest BCUT2D eigenvalue weighted by atomic mass is 16.5. The van der Waals surface area contributed by atoms with Gasteiger partial charge >= 0.3 is 11.9 Å². The zero-order valence-electron chi connectivity index (χ0n) is 11.4. The van der Waals surface area contributed by atoms with Crippen LogP contribution in [0.4, 0.5) is 0 Å². The minimum atomic E-state index is -1.47. The normalized spacial score (nSPS) is 13.6. The number of aliphatic hydroxyl groups is 2. The van der Waals surface area contributed by atoms with Gasteiger partial charge in [0.05, 0.1) is 24.7 Å². The summed E-state index contributed by atoms with van der Waals surface area (Å²) in [5.74, 6) is -1.86. The Kier molecular flexibility index (Phi) is 5.66.